The van der Waals surface area contributed by atoms with E-state index < -0.39 is 7.60 Å². The summed E-state index contributed by atoms with van der Waals surface area (Å²) in [5.74, 6) is 0. The Morgan fingerprint density at radius 2 is 0.870 bits per heavy atom. The first-order valence-electron chi connectivity index (χ1n) is 9.61. The van der Waals surface area contributed by atoms with Gasteiger partial charge in [0.15, 0.2) is 0 Å². The smallest absolute Gasteiger partial charge is 1.00 e. The van der Waals surface area contributed by atoms with Crippen molar-refractivity contribution in [2.24, 2.45) is 0 Å². The zero-order chi connectivity index (χ0) is 16.5. The van der Waals surface area contributed by atoms with Crippen LogP contribution in [0.1, 0.15) is 111 Å². The van der Waals surface area contributed by atoms with E-state index >= 15 is 0 Å². The predicted octanol–water partition coefficient (Wildman–Crippen LogP) is 3.54. The molecule has 0 aromatic carbocycles. The molecule has 23 heavy (non-hydrogen) atoms. The Labute approximate surface area is 188 Å². The average Bonchev–Trinajstić information content (AvgIpc) is 2.45. The Balaban J connectivity index is -0.00000220. The van der Waals surface area contributed by atoms with Crippen molar-refractivity contribution in [2.45, 2.75) is 110 Å². The molecule has 0 atom stereocenters. The molecule has 2 N–H and O–H groups in total. The Morgan fingerprint density at radius 3 is 1.13 bits per heavy atom. The fourth-order valence-electron chi connectivity index (χ4n) is 2.87. The zero-order valence-electron chi connectivity index (χ0n) is 16.8. The van der Waals surface area contributed by atoms with Crippen LogP contribution in [0.3, 0.4) is 0 Å². The van der Waals surface area contributed by atoms with E-state index in [0.717, 1.165) is 12.8 Å². The molecule has 0 heterocycles. The van der Waals surface area contributed by atoms with Crippen LogP contribution in [0.25, 0.3) is 0 Å². The van der Waals surface area contributed by atoms with Crippen LogP contribution in [-0.2, 0) is 4.57 Å². The van der Waals surface area contributed by atoms with Gasteiger partial charge in [0.1, 0.15) is 0 Å². The first-order valence-corrected chi connectivity index (χ1v) is 11.4. The zero-order valence-corrected chi connectivity index (χ0v) is 19.8. The van der Waals surface area contributed by atoms with E-state index in [-0.39, 0.29) is 59.0 Å². The van der Waals surface area contributed by atoms with Gasteiger partial charge in [0.05, 0.1) is 0 Å². The van der Waals surface area contributed by atoms with E-state index in [1.165, 1.54) is 83.5 Å². The fourth-order valence-corrected chi connectivity index (χ4v) is 3.50. The van der Waals surface area contributed by atoms with Crippen LogP contribution in [0.5, 0.6) is 0 Å². The molecule has 0 aromatic heterocycles. The minimum atomic E-state index is -3.75. The molecular weight excluding hydrogens is 334 g/mol. The molecule has 0 unspecified atom stereocenters. The molecule has 0 aliphatic heterocycles. The maximum Gasteiger partial charge on any atom is 1.00 e. The van der Waals surface area contributed by atoms with Crippen LogP contribution in [0.4, 0.5) is 0 Å². The Hall–Kier alpha value is 1.79. The minimum absolute atomic E-state index is 0. The molecule has 0 amide bonds. The summed E-state index contributed by atoms with van der Waals surface area (Å²) in [4.78, 5) is 17.5. The molecule has 0 rings (SSSR count). The van der Waals surface area contributed by atoms with Crippen molar-refractivity contribution in [1.82, 2.24) is 0 Å². The van der Waals surface area contributed by atoms with Gasteiger partial charge < -0.3 is 11.2 Å². The average molecular weight is 375 g/mol. The molecule has 3 nitrogen and oxygen atoms in total. The van der Waals surface area contributed by atoms with E-state index in [0.29, 0.717) is 6.42 Å². The summed E-state index contributed by atoms with van der Waals surface area (Å²) in [5.41, 5.74) is 0. The van der Waals surface area contributed by atoms with Crippen molar-refractivity contribution >= 4 is 7.60 Å². The van der Waals surface area contributed by atoms with Gasteiger partial charge in [-0.05, 0) is 6.42 Å². The van der Waals surface area contributed by atoms with Gasteiger partial charge in [-0.15, -0.1) is 0 Å². The molecule has 0 aliphatic carbocycles. The molecule has 0 saturated heterocycles. The third kappa shape index (κ3) is 26.1. The van der Waals surface area contributed by atoms with Crippen LogP contribution in [-0.4, -0.2) is 15.9 Å². The van der Waals surface area contributed by atoms with E-state index in [9.17, 15) is 4.57 Å². The SMILES string of the molecule is CCCCCCCCCCCCCCCCCCP(=O)(O)O.[H-].[K+]. The topological polar surface area (TPSA) is 57.5 Å². The van der Waals surface area contributed by atoms with Crippen LogP contribution in [0, 0.1) is 0 Å². The fraction of sp³-hybridized carbons (Fsp3) is 1.00. The van der Waals surface area contributed by atoms with Gasteiger partial charge in [-0.3, -0.25) is 4.57 Å². The number of hydrogen-bond acceptors (Lipinski definition) is 1. The first kappa shape index (κ1) is 27.0. The predicted molar refractivity (Wildman–Crippen MR) is 97.6 cm³/mol. The van der Waals surface area contributed by atoms with Gasteiger partial charge in [0.2, 0.25) is 0 Å². The third-order valence-electron chi connectivity index (χ3n) is 4.30. The first-order chi connectivity index (χ1) is 10.6. The number of hydrogen-bond donors (Lipinski definition) is 2. The molecule has 0 spiro atoms. The Kier molecular flexibility index (Phi) is 23.6. The normalized spacial score (nSPS) is 11.4. The van der Waals surface area contributed by atoms with Crippen molar-refractivity contribution in [3.63, 3.8) is 0 Å². The van der Waals surface area contributed by atoms with Gasteiger partial charge in [0.25, 0.3) is 0 Å². The maximum absolute atomic E-state index is 10.7. The largest absolute Gasteiger partial charge is 1.00 e. The van der Waals surface area contributed by atoms with E-state index in [2.05, 4.69) is 6.92 Å². The number of unbranched alkanes of at least 4 members (excludes halogenated alkanes) is 15. The van der Waals surface area contributed by atoms with E-state index in [1.807, 2.05) is 0 Å². The van der Waals surface area contributed by atoms with Crippen molar-refractivity contribution in [3.8, 4) is 0 Å². The monoisotopic (exact) mass is 374 g/mol. The van der Waals surface area contributed by atoms with Crippen molar-refractivity contribution < 1.29 is 67.2 Å². The molecule has 0 aliphatic rings. The van der Waals surface area contributed by atoms with E-state index in [4.69, 9.17) is 9.79 Å². The number of rotatable bonds is 17. The molecule has 136 valence electrons. The summed E-state index contributed by atoms with van der Waals surface area (Å²) in [6, 6.07) is 0. The van der Waals surface area contributed by atoms with Gasteiger partial charge in [-0.25, -0.2) is 0 Å². The van der Waals surface area contributed by atoms with Gasteiger partial charge in [-0.1, -0.05) is 103 Å². The van der Waals surface area contributed by atoms with Crippen LogP contribution < -0.4 is 51.4 Å². The standard InChI is InChI=1S/C18H39O3P.K.H/c1-2-3-4-5-6-7-8-9-10-11-12-13-14-15-16-17-18-22(19,20)21;;/h2-18H2,1H3,(H2,19,20,21);;/q;+1;-1. The molecule has 0 saturated carbocycles. The molecule has 0 aromatic rings. The van der Waals surface area contributed by atoms with Crippen LogP contribution in [0.15, 0.2) is 0 Å². The van der Waals surface area contributed by atoms with Crippen molar-refractivity contribution in [1.29, 1.82) is 0 Å². The summed E-state index contributed by atoms with van der Waals surface area (Å²) in [6.07, 6.45) is 20.6. The summed E-state index contributed by atoms with van der Waals surface area (Å²) >= 11 is 0. The van der Waals surface area contributed by atoms with Gasteiger partial charge in [0, 0.05) is 6.16 Å². The van der Waals surface area contributed by atoms with Crippen LogP contribution >= 0.6 is 7.60 Å². The summed E-state index contributed by atoms with van der Waals surface area (Å²) in [6.45, 7) is 2.27. The molecule has 0 radical (unpaired) electrons. The Bertz CT molecular complexity index is 275. The summed E-state index contributed by atoms with van der Waals surface area (Å²) in [7, 11) is -3.75. The molecule has 5 heteroatoms. The third-order valence-corrected chi connectivity index (χ3v) is 5.20. The quantitative estimate of drug-likeness (QED) is 0.233. The second-order valence-electron chi connectivity index (χ2n) is 6.69. The second kappa shape index (κ2) is 20.1. The molecule has 0 bridgehead atoms. The Morgan fingerprint density at radius 1 is 0.609 bits per heavy atom. The van der Waals surface area contributed by atoms with Crippen molar-refractivity contribution in [2.75, 3.05) is 6.16 Å². The molecular formula is C18H40KO3P. The van der Waals surface area contributed by atoms with Gasteiger partial charge in [-0.2, -0.15) is 0 Å². The van der Waals surface area contributed by atoms with Gasteiger partial charge >= 0.3 is 59.0 Å². The van der Waals surface area contributed by atoms with Crippen LogP contribution in [0.2, 0.25) is 0 Å². The van der Waals surface area contributed by atoms with E-state index in [1.54, 1.807) is 0 Å². The summed E-state index contributed by atoms with van der Waals surface area (Å²) in [5, 5.41) is 0. The maximum atomic E-state index is 10.7. The minimum Gasteiger partial charge on any atom is -1.00 e. The van der Waals surface area contributed by atoms with Crippen molar-refractivity contribution in [3.05, 3.63) is 0 Å². The summed E-state index contributed by atoms with van der Waals surface area (Å²) < 4.78 is 10.7. The molecule has 0 fully saturated rings. The second-order valence-corrected chi connectivity index (χ2v) is 8.47.